The van der Waals surface area contributed by atoms with Crippen molar-refractivity contribution in [2.24, 2.45) is 0 Å². The molecule has 1 aliphatic carbocycles. The number of nitrogens with one attached hydrogen (secondary N) is 2. The number of ether oxygens (including phenoxy) is 1. The van der Waals surface area contributed by atoms with E-state index >= 15 is 0 Å². The van der Waals surface area contributed by atoms with Crippen molar-refractivity contribution < 1.29 is 42.5 Å². The summed E-state index contributed by atoms with van der Waals surface area (Å²) >= 11 is 0. The zero-order valence-corrected chi connectivity index (χ0v) is 17.8. The van der Waals surface area contributed by atoms with Gasteiger partial charge < -0.3 is 25.6 Å². The number of carbonyl (C=O) groups excluding carboxylic acids is 2. The van der Waals surface area contributed by atoms with Crippen LogP contribution in [0.1, 0.15) is 29.9 Å². The highest BCUT2D eigenvalue weighted by Gasteiger charge is 2.43. The lowest BCUT2D eigenvalue weighted by molar-refractivity contribution is -0.161. The summed E-state index contributed by atoms with van der Waals surface area (Å²) in [6.45, 7) is -0.799. The maximum atomic E-state index is 13.4. The normalized spacial score (nSPS) is 14.5. The summed E-state index contributed by atoms with van der Waals surface area (Å²) in [5.41, 5.74) is 3.67. The summed E-state index contributed by atoms with van der Waals surface area (Å²) in [5.74, 6) is -3.11. The number of hydrogen-bond donors (Lipinski definition) is 4. The van der Waals surface area contributed by atoms with E-state index in [9.17, 15) is 27.6 Å². The van der Waals surface area contributed by atoms with Crippen molar-refractivity contribution in [3.8, 4) is 11.1 Å². The van der Waals surface area contributed by atoms with Crippen LogP contribution < -0.4 is 10.6 Å². The second-order valence-corrected chi connectivity index (χ2v) is 7.74. The Bertz CT molecular complexity index is 1010. The number of fused-ring (bicyclic) bond motifs is 3. The number of aliphatic carboxylic acids is 1. The molecule has 0 radical (unpaired) electrons. The molecule has 0 aromatic heterocycles. The van der Waals surface area contributed by atoms with Gasteiger partial charge in [-0.25, -0.2) is 9.59 Å². The zero-order valence-electron chi connectivity index (χ0n) is 17.8. The molecule has 0 fully saturated rings. The average Bonchev–Trinajstić information content (AvgIpc) is 3.10. The highest BCUT2D eigenvalue weighted by molar-refractivity contribution is 5.84. The predicted octanol–water partition coefficient (Wildman–Crippen LogP) is 2.80. The molecular weight excluding hydrogens is 457 g/mol. The first kappa shape index (κ1) is 25.0. The lowest BCUT2D eigenvalue weighted by Crippen LogP contribution is -2.50. The monoisotopic (exact) mass is 480 g/mol. The fourth-order valence-corrected chi connectivity index (χ4v) is 3.86. The van der Waals surface area contributed by atoms with E-state index in [1.165, 1.54) is 0 Å². The molecule has 2 aromatic rings. The van der Waals surface area contributed by atoms with Crippen molar-refractivity contribution in [3.63, 3.8) is 0 Å². The van der Waals surface area contributed by atoms with Crippen LogP contribution in [0.4, 0.5) is 18.0 Å². The van der Waals surface area contributed by atoms with Crippen LogP contribution in [0.2, 0.25) is 0 Å². The standard InChI is InChI=1S/C23H23F3N2O6/c24-23(25,26)19(11-20(30)27-18(9-10-29)21(31)32)28-22(33)34-12-17-15-7-3-1-5-13(15)14-6-2-4-8-16(14)17/h1-8,17-19,29H,9-12H2,(H,27,30)(H,28,33)(H,31,32). The molecule has 2 atom stereocenters. The number of carbonyl (C=O) groups is 3. The number of aliphatic hydroxyl groups is 1. The summed E-state index contributed by atoms with van der Waals surface area (Å²) < 4.78 is 45.3. The van der Waals surface area contributed by atoms with Crippen LogP contribution in [0, 0.1) is 0 Å². The molecular formula is C23H23F3N2O6. The van der Waals surface area contributed by atoms with E-state index in [-0.39, 0.29) is 18.9 Å². The summed E-state index contributed by atoms with van der Waals surface area (Å²) in [7, 11) is 0. The maximum Gasteiger partial charge on any atom is 0.409 e. The molecule has 8 nitrogen and oxygen atoms in total. The molecule has 0 heterocycles. The molecule has 34 heavy (non-hydrogen) atoms. The Morgan fingerprint density at radius 1 is 0.971 bits per heavy atom. The van der Waals surface area contributed by atoms with Crippen LogP contribution in [-0.2, 0) is 14.3 Å². The number of alkyl halides is 3. The van der Waals surface area contributed by atoms with Crippen LogP contribution in [0.5, 0.6) is 0 Å². The maximum absolute atomic E-state index is 13.4. The molecule has 182 valence electrons. The van der Waals surface area contributed by atoms with E-state index < -0.39 is 49.3 Å². The molecule has 3 rings (SSSR count). The molecule has 0 bridgehead atoms. The van der Waals surface area contributed by atoms with E-state index in [1.54, 1.807) is 5.32 Å². The van der Waals surface area contributed by atoms with Crippen LogP contribution in [-0.4, -0.2) is 59.7 Å². The smallest absolute Gasteiger partial charge is 0.409 e. The number of aliphatic hydroxyl groups excluding tert-OH is 1. The van der Waals surface area contributed by atoms with Gasteiger partial charge in [-0.15, -0.1) is 0 Å². The largest absolute Gasteiger partial charge is 0.480 e. The van der Waals surface area contributed by atoms with Crippen LogP contribution >= 0.6 is 0 Å². The third-order valence-corrected chi connectivity index (χ3v) is 5.47. The molecule has 2 amide bonds. The lowest BCUT2D eigenvalue weighted by atomic mass is 9.98. The minimum absolute atomic E-state index is 0.214. The lowest BCUT2D eigenvalue weighted by Gasteiger charge is -2.22. The van der Waals surface area contributed by atoms with Gasteiger partial charge in [0, 0.05) is 18.9 Å². The molecule has 0 aliphatic heterocycles. The number of halogens is 3. The first-order valence-electron chi connectivity index (χ1n) is 10.4. The van der Waals surface area contributed by atoms with Crippen molar-refractivity contribution >= 4 is 18.0 Å². The van der Waals surface area contributed by atoms with Crippen molar-refractivity contribution in [2.75, 3.05) is 13.2 Å². The first-order valence-corrected chi connectivity index (χ1v) is 10.4. The highest BCUT2D eigenvalue weighted by Crippen LogP contribution is 2.44. The van der Waals surface area contributed by atoms with Crippen molar-refractivity contribution in [1.82, 2.24) is 10.6 Å². The van der Waals surface area contributed by atoms with Gasteiger partial charge in [0.25, 0.3) is 0 Å². The first-order chi connectivity index (χ1) is 16.1. The van der Waals surface area contributed by atoms with E-state index in [0.29, 0.717) is 0 Å². The van der Waals surface area contributed by atoms with E-state index in [0.717, 1.165) is 22.3 Å². The predicted molar refractivity (Wildman–Crippen MR) is 114 cm³/mol. The van der Waals surface area contributed by atoms with Gasteiger partial charge in [0.05, 0.1) is 6.42 Å². The van der Waals surface area contributed by atoms with Gasteiger partial charge in [0.1, 0.15) is 18.7 Å². The Morgan fingerprint density at radius 3 is 2.03 bits per heavy atom. The number of amides is 2. The number of benzene rings is 2. The van der Waals surface area contributed by atoms with Gasteiger partial charge in [0.2, 0.25) is 5.91 Å². The fourth-order valence-electron chi connectivity index (χ4n) is 3.86. The van der Waals surface area contributed by atoms with E-state index in [4.69, 9.17) is 14.9 Å². The van der Waals surface area contributed by atoms with Gasteiger partial charge in [-0.05, 0) is 22.3 Å². The minimum Gasteiger partial charge on any atom is -0.480 e. The van der Waals surface area contributed by atoms with Gasteiger partial charge in [0.15, 0.2) is 0 Å². The Labute approximate surface area is 192 Å². The quantitative estimate of drug-likeness (QED) is 0.438. The summed E-state index contributed by atoms with van der Waals surface area (Å²) in [4.78, 5) is 35.2. The third-order valence-electron chi connectivity index (χ3n) is 5.47. The van der Waals surface area contributed by atoms with Gasteiger partial charge in [-0.3, -0.25) is 4.79 Å². The molecule has 1 aliphatic rings. The van der Waals surface area contributed by atoms with Crippen LogP contribution in [0.25, 0.3) is 11.1 Å². The van der Waals surface area contributed by atoms with Gasteiger partial charge >= 0.3 is 18.2 Å². The Hall–Kier alpha value is -3.60. The summed E-state index contributed by atoms with van der Waals surface area (Å²) in [6, 6.07) is 10.7. The second kappa shape index (κ2) is 10.6. The summed E-state index contributed by atoms with van der Waals surface area (Å²) in [5, 5.41) is 21.4. The minimum atomic E-state index is -4.99. The molecule has 11 heteroatoms. The molecule has 2 unspecified atom stereocenters. The number of carboxylic acids is 1. The Balaban J connectivity index is 1.64. The topological polar surface area (TPSA) is 125 Å². The van der Waals surface area contributed by atoms with Crippen molar-refractivity contribution in [1.29, 1.82) is 0 Å². The number of alkyl carbamates (subject to hydrolysis) is 1. The molecule has 4 N–H and O–H groups in total. The zero-order chi connectivity index (χ0) is 24.9. The highest BCUT2D eigenvalue weighted by atomic mass is 19.4. The number of hydrogen-bond acceptors (Lipinski definition) is 5. The Morgan fingerprint density at radius 2 is 1.53 bits per heavy atom. The van der Waals surface area contributed by atoms with Gasteiger partial charge in [-0.1, -0.05) is 48.5 Å². The number of carboxylic acid groups (broad SMARTS) is 1. The third kappa shape index (κ3) is 5.84. The Kier molecular flexibility index (Phi) is 7.77. The number of rotatable bonds is 9. The fraction of sp³-hybridized carbons (Fsp3) is 0.348. The SMILES string of the molecule is O=C(CC(NC(=O)OCC1c2ccccc2-c2ccccc21)C(F)(F)F)NC(CCO)C(=O)O. The van der Waals surface area contributed by atoms with Gasteiger partial charge in [-0.2, -0.15) is 13.2 Å². The van der Waals surface area contributed by atoms with Crippen molar-refractivity contribution in [2.45, 2.75) is 37.0 Å². The van der Waals surface area contributed by atoms with E-state index in [2.05, 4.69) is 0 Å². The molecule has 0 saturated heterocycles. The molecule has 0 spiro atoms. The van der Waals surface area contributed by atoms with Crippen LogP contribution in [0.15, 0.2) is 48.5 Å². The molecule has 2 aromatic carbocycles. The summed E-state index contributed by atoms with van der Waals surface area (Å²) in [6.07, 6.45) is -7.97. The van der Waals surface area contributed by atoms with Crippen LogP contribution in [0.3, 0.4) is 0 Å². The van der Waals surface area contributed by atoms with E-state index in [1.807, 2.05) is 53.8 Å². The molecule has 0 saturated carbocycles. The second-order valence-electron chi connectivity index (χ2n) is 7.74. The van der Waals surface area contributed by atoms with Crippen molar-refractivity contribution in [3.05, 3.63) is 59.7 Å². The average molecular weight is 480 g/mol.